The molecule has 1 aromatic rings. The second-order valence-corrected chi connectivity index (χ2v) is 6.55. The Balaban J connectivity index is 2.35. The van der Waals surface area contributed by atoms with Crippen LogP contribution >= 0.6 is 11.8 Å². The first-order valence-electron chi connectivity index (χ1n) is 6.01. The highest BCUT2D eigenvalue weighted by molar-refractivity contribution is 7.99. The molecule has 92 valence electrons. The fourth-order valence-corrected chi connectivity index (χ4v) is 2.67. The number of hydrogen-bond acceptors (Lipinski definition) is 2. The third kappa shape index (κ3) is 4.20. The van der Waals surface area contributed by atoms with Crippen LogP contribution in [0.1, 0.15) is 39.2 Å². The Bertz CT molecular complexity index is 323. The first-order valence-corrected chi connectivity index (χ1v) is 7.16. The molecule has 0 fully saturated rings. The summed E-state index contributed by atoms with van der Waals surface area (Å²) in [6, 6.07) is 0. The minimum absolute atomic E-state index is 0.431. The maximum Gasteiger partial charge on any atom is 0.109 e. The van der Waals surface area contributed by atoms with Crippen molar-refractivity contribution in [3.8, 4) is 0 Å². The second kappa shape index (κ2) is 5.76. The van der Waals surface area contributed by atoms with Gasteiger partial charge in [-0.15, -0.1) is 0 Å². The van der Waals surface area contributed by atoms with Gasteiger partial charge in [-0.05, 0) is 17.6 Å². The van der Waals surface area contributed by atoms with Gasteiger partial charge in [0, 0.05) is 31.1 Å². The maximum absolute atomic E-state index is 4.47. The van der Waals surface area contributed by atoms with Crippen molar-refractivity contribution in [3.63, 3.8) is 0 Å². The van der Waals surface area contributed by atoms with Gasteiger partial charge in [0.15, 0.2) is 0 Å². The van der Waals surface area contributed by atoms with Gasteiger partial charge in [-0.1, -0.05) is 27.7 Å². The maximum atomic E-state index is 4.47. The number of imidazole rings is 1. The largest absolute Gasteiger partial charge is 0.335 e. The summed E-state index contributed by atoms with van der Waals surface area (Å²) in [6.45, 7) is 9.04. The topological polar surface area (TPSA) is 17.8 Å². The van der Waals surface area contributed by atoms with Crippen molar-refractivity contribution in [2.75, 3.05) is 11.5 Å². The van der Waals surface area contributed by atoms with E-state index in [1.165, 1.54) is 23.0 Å². The standard InChI is InChI=1S/C13H24N2S/c1-6-11-9-14-12(15(11)5)7-8-16-10-13(2,3)4/h9H,6-8,10H2,1-5H3. The van der Waals surface area contributed by atoms with Crippen molar-refractivity contribution in [1.82, 2.24) is 9.55 Å². The van der Waals surface area contributed by atoms with Crippen molar-refractivity contribution in [2.45, 2.75) is 40.5 Å². The summed E-state index contributed by atoms with van der Waals surface area (Å²) in [7, 11) is 2.12. The van der Waals surface area contributed by atoms with Gasteiger partial charge in [0.1, 0.15) is 5.82 Å². The second-order valence-electron chi connectivity index (χ2n) is 5.44. The summed E-state index contributed by atoms with van der Waals surface area (Å²) in [4.78, 5) is 4.47. The summed E-state index contributed by atoms with van der Waals surface area (Å²) >= 11 is 2.03. The molecule has 1 rings (SSSR count). The highest BCUT2D eigenvalue weighted by Gasteiger charge is 2.10. The molecule has 3 heteroatoms. The molecule has 0 saturated heterocycles. The molecule has 0 N–H and O–H groups in total. The molecule has 0 aliphatic heterocycles. The van der Waals surface area contributed by atoms with Gasteiger partial charge in [-0.25, -0.2) is 4.98 Å². The molecule has 2 nitrogen and oxygen atoms in total. The monoisotopic (exact) mass is 240 g/mol. The highest BCUT2D eigenvalue weighted by atomic mass is 32.2. The Morgan fingerprint density at radius 1 is 1.38 bits per heavy atom. The molecule has 0 saturated carbocycles. The summed E-state index contributed by atoms with van der Waals surface area (Å²) < 4.78 is 2.23. The molecule has 1 aromatic heterocycles. The van der Waals surface area contributed by atoms with Gasteiger partial charge in [0.05, 0.1) is 0 Å². The average Bonchev–Trinajstić information content (AvgIpc) is 2.53. The number of thioether (sulfide) groups is 1. The predicted octanol–water partition coefficient (Wildman–Crippen LogP) is 3.30. The Morgan fingerprint density at radius 2 is 2.06 bits per heavy atom. The molecule has 0 atom stereocenters. The zero-order valence-electron chi connectivity index (χ0n) is 11.2. The van der Waals surface area contributed by atoms with Gasteiger partial charge in [0.2, 0.25) is 0 Å². The normalized spacial score (nSPS) is 12.1. The van der Waals surface area contributed by atoms with E-state index in [0.29, 0.717) is 5.41 Å². The van der Waals surface area contributed by atoms with Crippen LogP contribution in [0.3, 0.4) is 0 Å². The van der Waals surface area contributed by atoms with Crippen molar-refractivity contribution >= 4 is 11.8 Å². The lowest BCUT2D eigenvalue weighted by atomic mass is 10.0. The molecule has 0 radical (unpaired) electrons. The molecular weight excluding hydrogens is 216 g/mol. The van der Waals surface area contributed by atoms with Gasteiger partial charge >= 0.3 is 0 Å². The highest BCUT2D eigenvalue weighted by Crippen LogP contribution is 2.20. The first-order chi connectivity index (χ1) is 7.44. The van der Waals surface area contributed by atoms with Crippen LogP contribution in [0.25, 0.3) is 0 Å². The fourth-order valence-electron chi connectivity index (χ4n) is 1.59. The van der Waals surface area contributed by atoms with Crippen LogP contribution in [0.4, 0.5) is 0 Å². The molecule has 0 amide bonds. The molecule has 0 unspecified atom stereocenters. The summed E-state index contributed by atoms with van der Waals surface area (Å²) in [5.74, 6) is 3.61. The van der Waals surface area contributed by atoms with Crippen LogP contribution in [0, 0.1) is 5.41 Å². The molecule has 0 aliphatic carbocycles. The van der Waals surface area contributed by atoms with Crippen molar-refractivity contribution in [2.24, 2.45) is 12.5 Å². The number of aryl methyl sites for hydroxylation is 2. The van der Waals surface area contributed by atoms with E-state index in [9.17, 15) is 0 Å². The van der Waals surface area contributed by atoms with E-state index in [1.54, 1.807) is 0 Å². The Hall–Kier alpha value is -0.440. The Morgan fingerprint density at radius 3 is 2.56 bits per heavy atom. The molecule has 1 heterocycles. The number of nitrogens with zero attached hydrogens (tertiary/aromatic N) is 2. The first kappa shape index (κ1) is 13.6. The lowest BCUT2D eigenvalue weighted by Gasteiger charge is -2.17. The van der Waals surface area contributed by atoms with Crippen LogP contribution in [0.15, 0.2) is 6.20 Å². The fraction of sp³-hybridized carbons (Fsp3) is 0.769. The lowest BCUT2D eigenvalue weighted by molar-refractivity contribution is 0.480. The van der Waals surface area contributed by atoms with E-state index >= 15 is 0 Å². The zero-order valence-corrected chi connectivity index (χ0v) is 12.0. The summed E-state index contributed by atoms with van der Waals surface area (Å²) in [5.41, 5.74) is 1.76. The van der Waals surface area contributed by atoms with Crippen LogP contribution in [-0.4, -0.2) is 21.1 Å². The lowest BCUT2D eigenvalue weighted by Crippen LogP contribution is -2.10. The van der Waals surface area contributed by atoms with Crippen LogP contribution in [0.2, 0.25) is 0 Å². The van der Waals surface area contributed by atoms with E-state index in [1.807, 2.05) is 18.0 Å². The van der Waals surface area contributed by atoms with E-state index < -0.39 is 0 Å². The number of rotatable bonds is 5. The smallest absolute Gasteiger partial charge is 0.109 e. The molecular formula is C13H24N2S. The Kier molecular flexibility index (Phi) is 4.90. The molecule has 16 heavy (non-hydrogen) atoms. The minimum Gasteiger partial charge on any atom is -0.335 e. The third-order valence-electron chi connectivity index (χ3n) is 2.55. The van der Waals surface area contributed by atoms with E-state index in [4.69, 9.17) is 0 Å². The predicted molar refractivity (Wildman–Crippen MR) is 73.1 cm³/mol. The molecule has 0 aliphatic rings. The van der Waals surface area contributed by atoms with E-state index in [0.717, 1.165) is 12.8 Å². The molecule has 0 spiro atoms. The van der Waals surface area contributed by atoms with Crippen molar-refractivity contribution in [3.05, 3.63) is 17.7 Å². The van der Waals surface area contributed by atoms with E-state index in [-0.39, 0.29) is 0 Å². The van der Waals surface area contributed by atoms with Crippen molar-refractivity contribution in [1.29, 1.82) is 0 Å². The Labute approximate surface area is 104 Å². The van der Waals surface area contributed by atoms with Crippen LogP contribution in [-0.2, 0) is 19.9 Å². The molecule has 0 bridgehead atoms. The quantitative estimate of drug-likeness (QED) is 0.735. The van der Waals surface area contributed by atoms with Gasteiger partial charge in [0.25, 0.3) is 0 Å². The molecule has 0 aromatic carbocycles. The van der Waals surface area contributed by atoms with E-state index in [2.05, 4.69) is 44.3 Å². The summed E-state index contributed by atoms with van der Waals surface area (Å²) in [6.07, 6.45) is 4.15. The van der Waals surface area contributed by atoms with Crippen LogP contribution in [0.5, 0.6) is 0 Å². The number of hydrogen-bond donors (Lipinski definition) is 0. The van der Waals surface area contributed by atoms with Gasteiger partial charge in [-0.3, -0.25) is 0 Å². The minimum atomic E-state index is 0.431. The van der Waals surface area contributed by atoms with Gasteiger partial charge < -0.3 is 4.57 Å². The SMILES string of the molecule is CCc1cnc(CCSCC(C)(C)C)n1C. The average molecular weight is 240 g/mol. The van der Waals surface area contributed by atoms with Crippen LogP contribution < -0.4 is 0 Å². The third-order valence-corrected chi connectivity index (χ3v) is 4.11. The van der Waals surface area contributed by atoms with Crippen molar-refractivity contribution < 1.29 is 0 Å². The summed E-state index contributed by atoms with van der Waals surface area (Å²) in [5, 5.41) is 0. The number of aromatic nitrogens is 2. The van der Waals surface area contributed by atoms with Gasteiger partial charge in [-0.2, -0.15) is 11.8 Å². The zero-order chi connectivity index (χ0) is 12.2.